The minimum Gasteiger partial charge on any atom is -0.381 e. The summed E-state index contributed by atoms with van der Waals surface area (Å²) in [5.41, 5.74) is 1.19. The summed E-state index contributed by atoms with van der Waals surface area (Å²) in [6.07, 6.45) is 7.05. The first-order valence-electron chi connectivity index (χ1n) is 4.59. The first-order valence-corrected chi connectivity index (χ1v) is 5.66. The molecule has 0 amide bonds. The first-order chi connectivity index (χ1) is 6.84. The van der Waals surface area contributed by atoms with Gasteiger partial charge in [0, 0.05) is 15.8 Å². The third kappa shape index (κ3) is 3.96. The minimum atomic E-state index is 0.869. The smallest absolute Gasteiger partial charge is 0.0478 e. The van der Waals surface area contributed by atoms with Crippen LogP contribution in [-0.4, -0.2) is 6.54 Å². The van der Waals surface area contributed by atoms with Crippen molar-refractivity contribution in [2.75, 3.05) is 11.9 Å². The molecule has 0 spiro atoms. The van der Waals surface area contributed by atoms with E-state index in [1.54, 1.807) is 0 Å². The maximum absolute atomic E-state index is 3.66. The number of benzene rings is 1. The van der Waals surface area contributed by atoms with Gasteiger partial charge in [-0.1, -0.05) is 30.4 Å². The Morgan fingerprint density at radius 3 is 2.79 bits per heavy atom. The third-order valence-corrected chi connectivity index (χ3v) is 2.69. The number of nitrogens with one attached hydrogen (secondary N) is 1. The molecule has 1 rings (SSSR count). The molecular formula is C12H14IN. The van der Waals surface area contributed by atoms with E-state index in [1.165, 1.54) is 9.26 Å². The van der Waals surface area contributed by atoms with Crippen LogP contribution in [0.1, 0.15) is 6.42 Å². The van der Waals surface area contributed by atoms with Crippen LogP contribution in [0.3, 0.4) is 0 Å². The highest BCUT2D eigenvalue weighted by molar-refractivity contribution is 14.1. The van der Waals surface area contributed by atoms with Gasteiger partial charge in [0.25, 0.3) is 0 Å². The van der Waals surface area contributed by atoms with Crippen molar-refractivity contribution in [1.82, 2.24) is 0 Å². The SMILES string of the molecule is C=CC/C=C/CNc1ccccc1I. The molecule has 0 unspecified atom stereocenters. The van der Waals surface area contributed by atoms with Gasteiger partial charge in [0.05, 0.1) is 0 Å². The number of para-hydroxylation sites is 1. The van der Waals surface area contributed by atoms with Crippen LogP contribution < -0.4 is 5.32 Å². The molecule has 0 bridgehead atoms. The quantitative estimate of drug-likeness (QED) is 0.643. The maximum Gasteiger partial charge on any atom is 0.0478 e. The molecule has 0 atom stereocenters. The summed E-state index contributed by atoms with van der Waals surface area (Å²) >= 11 is 2.33. The molecule has 1 aromatic carbocycles. The average Bonchev–Trinajstić information content (AvgIpc) is 2.20. The predicted octanol–water partition coefficient (Wildman–Crippen LogP) is 3.84. The molecule has 0 aromatic heterocycles. The van der Waals surface area contributed by atoms with E-state index in [0.29, 0.717) is 0 Å². The number of anilines is 1. The van der Waals surface area contributed by atoms with Crippen LogP contribution in [-0.2, 0) is 0 Å². The van der Waals surface area contributed by atoms with Gasteiger partial charge < -0.3 is 5.32 Å². The summed E-state index contributed by atoms with van der Waals surface area (Å²) < 4.78 is 1.25. The Kier molecular flexibility index (Phi) is 5.37. The normalized spacial score (nSPS) is 10.4. The Bertz CT molecular complexity index is 318. The van der Waals surface area contributed by atoms with Crippen molar-refractivity contribution < 1.29 is 0 Å². The van der Waals surface area contributed by atoms with E-state index >= 15 is 0 Å². The molecule has 1 N–H and O–H groups in total. The average molecular weight is 299 g/mol. The molecule has 1 nitrogen and oxygen atoms in total. The van der Waals surface area contributed by atoms with Gasteiger partial charge in [-0.25, -0.2) is 0 Å². The molecule has 0 saturated carbocycles. The largest absolute Gasteiger partial charge is 0.381 e. The summed E-state index contributed by atoms with van der Waals surface area (Å²) in [6.45, 7) is 4.53. The van der Waals surface area contributed by atoms with Gasteiger partial charge in [0.2, 0.25) is 0 Å². The van der Waals surface area contributed by atoms with Gasteiger partial charge in [-0.05, 0) is 41.1 Å². The second kappa shape index (κ2) is 6.65. The van der Waals surface area contributed by atoms with Crippen LogP contribution in [0.2, 0.25) is 0 Å². The lowest BCUT2D eigenvalue weighted by Gasteiger charge is -2.04. The van der Waals surface area contributed by atoms with Crippen molar-refractivity contribution in [3.8, 4) is 0 Å². The van der Waals surface area contributed by atoms with Crippen molar-refractivity contribution in [3.63, 3.8) is 0 Å². The van der Waals surface area contributed by atoms with E-state index in [1.807, 2.05) is 18.2 Å². The fraction of sp³-hybridized carbons (Fsp3) is 0.167. The summed E-state index contributed by atoms with van der Waals surface area (Å²) in [6, 6.07) is 8.26. The molecule has 0 heterocycles. The minimum absolute atomic E-state index is 0.869. The standard InChI is InChI=1S/C12H14IN/c1-2-3-4-7-10-14-12-9-6-5-8-11(12)13/h2,4-9,14H,1,3,10H2/b7-4+. The molecule has 0 saturated heterocycles. The van der Waals surface area contributed by atoms with Gasteiger partial charge >= 0.3 is 0 Å². The van der Waals surface area contributed by atoms with E-state index in [2.05, 4.69) is 58.8 Å². The monoisotopic (exact) mass is 299 g/mol. The number of rotatable bonds is 5. The van der Waals surface area contributed by atoms with Crippen LogP contribution in [0, 0.1) is 3.57 Å². The molecule has 74 valence electrons. The van der Waals surface area contributed by atoms with Crippen LogP contribution in [0.15, 0.2) is 49.1 Å². The lowest BCUT2D eigenvalue weighted by Crippen LogP contribution is -1.99. The van der Waals surface area contributed by atoms with E-state index in [4.69, 9.17) is 0 Å². The van der Waals surface area contributed by atoms with Crippen LogP contribution in [0.4, 0.5) is 5.69 Å². The first kappa shape index (κ1) is 11.3. The molecule has 1 aromatic rings. The zero-order chi connectivity index (χ0) is 10.2. The second-order valence-corrected chi connectivity index (χ2v) is 4.02. The Morgan fingerprint density at radius 2 is 2.07 bits per heavy atom. The van der Waals surface area contributed by atoms with E-state index < -0.39 is 0 Å². The van der Waals surface area contributed by atoms with Gasteiger partial charge in [0.1, 0.15) is 0 Å². The number of allylic oxidation sites excluding steroid dienone is 2. The van der Waals surface area contributed by atoms with Gasteiger partial charge in [-0.2, -0.15) is 0 Å². The predicted molar refractivity (Wildman–Crippen MR) is 71.6 cm³/mol. The van der Waals surface area contributed by atoms with Crippen LogP contribution in [0.25, 0.3) is 0 Å². The molecule has 0 radical (unpaired) electrons. The summed E-state index contributed by atoms with van der Waals surface area (Å²) in [4.78, 5) is 0. The number of hydrogen-bond acceptors (Lipinski definition) is 1. The molecule has 0 fully saturated rings. The maximum atomic E-state index is 3.66. The van der Waals surface area contributed by atoms with Crippen molar-refractivity contribution in [1.29, 1.82) is 0 Å². The van der Waals surface area contributed by atoms with Crippen molar-refractivity contribution >= 4 is 28.3 Å². The topological polar surface area (TPSA) is 12.0 Å². The van der Waals surface area contributed by atoms with Crippen molar-refractivity contribution in [3.05, 3.63) is 52.6 Å². The van der Waals surface area contributed by atoms with Gasteiger partial charge in [-0.3, -0.25) is 0 Å². The lowest BCUT2D eigenvalue weighted by atomic mass is 10.3. The molecule has 0 aliphatic heterocycles. The highest BCUT2D eigenvalue weighted by Crippen LogP contribution is 2.16. The zero-order valence-corrected chi connectivity index (χ0v) is 10.2. The molecule has 2 heteroatoms. The Hall–Kier alpha value is -0.770. The van der Waals surface area contributed by atoms with Crippen molar-refractivity contribution in [2.24, 2.45) is 0 Å². The highest BCUT2D eigenvalue weighted by atomic mass is 127. The van der Waals surface area contributed by atoms with E-state index in [0.717, 1.165) is 13.0 Å². The molecular weight excluding hydrogens is 285 g/mol. The summed E-state index contributed by atoms with van der Waals surface area (Å²) in [7, 11) is 0. The Balaban J connectivity index is 2.38. The molecule has 0 aliphatic carbocycles. The Labute approximate surface area is 99.1 Å². The lowest BCUT2D eigenvalue weighted by molar-refractivity contribution is 1.29. The molecule has 0 aliphatic rings. The van der Waals surface area contributed by atoms with Gasteiger partial charge in [0.15, 0.2) is 0 Å². The van der Waals surface area contributed by atoms with Crippen molar-refractivity contribution in [2.45, 2.75) is 6.42 Å². The number of hydrogen-bond donors (Lipinski definition) is 1. The second-order valence-electron chi connectivity index (χ2n) is 2.86. The fourth-order valence-corrected chi connectivity index (χ4v) is 1.63. The summed E-state index contributed by atoms with van der Waals surface area (Å²) in [5.74, 6) is 0. The highest BCUT2D eigenvalue weighted by Gasteiger charge is 1.93. The van der Waals surface area contributed by atoms with Crippen LogP contribution in [0.5, 0.6) is 0 Å². The van der Waals surface area contributed by atoms with E-state index in [-0.39, 0.29) is 0 Å². The molecule has 14 heavy (non-hydrogen) atoms. The van der Waals surface area contributed by atoms with Crippen LogP contribution >= 0.6 is 22.6 Å². The fourth-order valence-electron chi connectivity index (χ4n) is 1.05. The zero-order valence-electron chi connectivity index (χ0n) is 8.04. The summed E-state index contributed by atoms with van der Waals surface area (Å²) in [5, 5.41) is 3.34. The number of halogens is 1. The van der Waals surface area contributed by atoms with Gasteiger partial charge in [-0.15, -0.1) is 6.58 Å². The van der Waals surface area contributed by atoms with E-state index in [9.17, 15) is 0 Å². The Morgan fingerprint density at radius 1 is 1.29 bits per heavy atom. The third-order valence-electron chi connectivity index (χ3n) is 1.75.